The Labute approximate surface area is 132 Å². The van der Waals surface area contributed by atoms with Gasteiger partial charge in [-0.15, -0.1) is 0 Å². The summed E-state index contributed by atoms with van der Waals surface area (Å²) < 4.78 is 19.5. The van der Waals surface area contributed by atoms with E-state index in [2.05, 4.69) is 5.32 Å². The molecule has 1 unspecified atom stereocenters. The van der Waals surface area contributed by atoms with E-state index in [4.69, 9.17) is 27.9 Å². The molecule has 2 nitrogen and oxygen atoms in total. The van der Waals surface area contributed by atoms with Crippen LogP contribution in [0.1, 0.15) is 22.7 Å². The van der Waals surface area contributed by atoms with E-state index in [1.54, 1.807) is 12.1 Å². The van der Waals surface area contributed by atoms with Gasteiger partial charge >= 0.3 is 0 Å². The summed E-state index contributed by atoms with van der Waals surface area (Å²) >= 11 is 11.9. The highest BCUT2D eigenvalue weighted by molar-refractivity contribution is 6.31. The van der Waals surface area contributed by atoms with Crippen LogP contribution < -0.4 is 10.1 Å². The molecule has 0 saturated heterocycles. The zero-order valence-corrected chi connectivity index (χ0v) is 12.9. The zero-order chi connectivity index (χ0) is 15.0. The Morgan fingerprint density at radius 2 is 2.05 bits per heavy atom. The van der Waals surface area contributed by atoms with Crippen molar-refractivity contribution in [3.05, 3.63) is 62.9 Å². The Bertz CT molecular complexity index is 690. The third-order valence-corrected chi connectivity index (χ3v) is 4.18. The van der Waals surface area contributed by atoms with E-state index in [1.165, 1.54) is 6.07 Å². The molecule has 1 aliphatic heterocycles. The van der Waals surface area contributed by atoms with Crippen molar-refractivity contribution >= 4 is 23.2 Å². The lowest BCUT2D eigenvalue weighted by molar-refractivity contribution is 0.351. The Balaban J connectivity index is 2.10. The highest BCUT2D eigenvalue weighted by atomic mass is 35.5. The van der Waals surface area contributed by atoms with Crippen LogP contribution in [0.5, 0.6) is 5.75 Å². The van der Waals surface area contributed by atoms with E-state index in [0.29, 0.717) is 11.6 Å². The summed E-state index contributed by atoms with van der Waals surface area (Å²) in [4.78, 5) is 0. The van der Waals surface area contributed by atoms with Crippen molar-refractivity contribution in [2.45, 2.75) is 12.5 Å². The molecule has 2 aromatic carbocycles. The molecule has 1 aliphatic rings. The van der Waals surface area contributed by atoms with Gasteiger partial charge in [0, 0.05) is 17.0 Å². The summed E-state index contributed by atoms with van der Waals surface area (Å²) in [5, 5.41) is 3.96. The first kappa shape index (κ1) is 14.6. The molecule has 5 heteroatoms. The summed E-state index contributed by atoms with van der Waals surface area (Å²) in [6, 6.07) is 8.37. The topological polar surface area (TPSA) is 21.3 Å². The fourth-order valence-corrected chi connectivity index (χ4v) is 3.07. The van der Waals surface area contributed by atoms with Crippen LogP contribution >= 0.6 is 23.2 Å². The van der Waals surface area contributed by atoms with Gasteiger partial charge in [0.2, 0.25) is 0 Å². The van der Waals surface area contributed by atoms with Gasteiger partial charge in [-0.25, -0.2) is 4.39 Å². The van der Waals surface area contributed by atoms with Crippen molar-refractivity contribution < 1.29 is 9.13 Å². The van der Waals surface area contributed by atoms with Gasteiger partial charge in [0.05, 0.1) is 17.7 Å². The maximum atomic E-state index is 13.7. The molecular weight excluding hydrogens is 312 g/mol. The van der Waals surface area contributed by atoms with Gasteiger partial charge in [0.15, 0.2) is 0 Å². The maximum absolute atomic E-state index is 13.7. The highest BCUT2D eigenvalue weighted by Crippen LogP contribution is 2.38. The molecular formula is C16H14Cl2FNO. The molecule has 0 amide bonds. The molecule has 0 fully saturated rings. The molecule has 21 heavy (non-hydrogen) atoms. The summed E-state index contributed by atoms with van der Waals surface area (Å²) in [6.45, 7) is 0.647. The number of nitrogens with one attached hydrogen (secondary N) is 1. The molecule has 1 heterocycles. The van der Waals surface area contributed by atoms with E-state index in [0.717, 1.165) is 28.9 Å². The molecule has 3 rings (SSSR count). The van der Waals surface area contributed by atoms with Gasteiger partial charge in [-0.05, 0) is 42.4 Å². The van der Waals surface area contributed by atoms with E-state index < -0.39 is 5.82 Å². The minimum atomic E-state index is -0.436. The first-order chi connectivity index (χ1) is 10.1. The smallest absolute Gasteiger partial charge is 0.142 e. The zero-order valence-electron chi connectivity index (χ0n) is 11.4. The van der Waals surface area contributed by atoms with Gasteiger partial charge in [0.1, 0.15) is 11.6 Å². The molecule has 1 N–H and O–H groups in total. The standard InChI is InChI=1S/C16H14Cl2FNO/c1-20-15(9-2-3-13(18)14(19)7-9)12-8-11(17)6-10-4-5-21-16(10)12/h2-3,6-8,15,20H,4-5H2,1H3. The number of ether oxygens (including phenoxy) is 1. The van der Waals surface area contributed by atoms with E-state index >= 15 is 0 Å². The van der Waals surface area contributed by atoms with Crippen LogP contribution in [0.2, 0.25) is 10.0 Å². The van der Waals surface area contributed by atoms with Gasteiger partial charge in [-0.1, -0.05) is 29.3 Å². The number of fused-ring (bicyclic) bond motifs is 1. The van der Waals surface area contributed by atoms with E-state index in [9.17, 15) is 4.39 Å². The number of hydrogen-bond donors (Lipinski definition) is 1. The molecule has 0 saturated carbocycles. The quantitative estimate of drug-likeness (QED) is 0.904. The third-order valence-electron chi connectivity index (χ3n) is 3.65. The molecule has 0 spiro atoms. The lowest BCUT2D eigenvalue weighted by Gasteiger charge is -2.20. The normalized spacial score (nSPS) is 14.7. The largest absolute Gasteiger partial charge is 0.493 e. The van der Waals surface area contributed by atoms with Crippen molar-refractivity contribution in [3.63, 3.8) is 0 Å². The van der Waals surface area contributed by atoms with Crippen LogP contribution in [0, 0.1) is 5.82 Å². The number of halogens is 3. The van der Waals surface area contributed by atoms with Crippen molar-refractivity contribution in [1.29, 1.82) is 0 Å². The fraction of sp³-hybridized carbons (Fsp3) is 0.250. The average Bonchev–Trinajstić information content (AvgIpc) is 2.91. The SMILES string of the molecule is CNC(c1ccc(Cl)c(F)c1)c1cc(Cl)cc2c1OCC2. The molecule has 0 bridgehead atoms. The van der Waals surface area contributed by atoms with Crippen molar-refractivity contribution in [3.8, 4) is 5.75 Å². The molecule has 2 aromatic rings. The minimum absolute atomic E-state index is 0.112. The number of benzene rings is 2. The maximum Gasteiger partial charge on any atom is 0.142 e. The number of hydrogen-bond acceptors (Lipinski definition) is 2. The highest BCUT2D eigenvalue weighted by Gasteiger charge is 2.24. The summed E-state index contributed by atoms with van der Waals surface area (Å²) in [6.07, 6.45) is 0.842. The fourth-order valence-electron chi connectivity index (χ4n) is 2.71. The van der Waals surface area contributed by atoms with Crippen molar-refractivity contribution in [2.24, 2.45) is 0 Å². The van der Waals surface area contributed by atoms with Crippen LogP contribution in [0.15, 0.2) is 30.3 Å². The van der Waals surface area contributed by atoms with Crippen molar-refractivity contribution in [1.82, 2.24) is 5.32 Å². The first-order valence-electron chi connectivity index (χ1n) is 6.67. The monoisotopic (exact) mass is 325 g/mol. The molecule has 0 aliphatic carbocycles. The third kappa shape index (κ3) is 2.73. The van der Waals surface area contributed by atoms with Crippen LogP contribution in [0.25, 0.3) is 0 Å². The van der Waals surface area contributed by atoms with Gasteiger partial charge in [0.25, 0.3) is 0 Å². The molecule has 0 aromatic heterocycles. The first-order valence-corrected chi connectivity index (χ1v) is 7.43. The second-order valence-corrected chi connectivity index (χ2v) is 5.82. The van der Waals surface area contributed by atoms with E-state index in [-0.39, 0.29) is 11.1 Å². The molecule has 110 valence electrons. The Hall–Kier alpha value is -1.29. The lowest BCUT2D eigenvalue weighted by Crippen LogP contribution is -2.18. The van der Waals surface area contributed by atoms with Gasteiger partial charge < -0.3 is 10.1 Å². The molecule has 0 radical (unpaired) electrons. The van der Waals surface area contributed by atoms with Crippen LogP contribution in [-0.2, 0) is 6.42 Å². The summed E-state index contributed by atoms with van der Waals surface area (Å²) in [7, 11) is 1.82. The van der Waals surface area contributed by atoms with E-state index in [1.807, 2.05) is 19.2 Å². The second kappa shape index (κ2) is 5.84. The van der Waals surface area contributed by atoms with Gasteiger partial charge in [-0.3, -0.25) is 0 Å². The van der Waals surface area contributed by atoms with Crippen molar-refractivity contribution in [2.75, 3.05) is 13.7 Å². The predicted octanol–water partition coefficient (Wildman–Crippen LogP) is 4.38. The minimum Gasteiger partial charge on any atom is -0.493 e. The van der Waals surface area contributed by atoms with Crippen LogP contribution in [0.3, 0.4) is 0 Å². The number of rotatable bonds is 3. The van der Waals surface area contributed by atoms with Crippen LogP contribution in [-0.4, -0.2) is 13.7 Å². The Morgan fingerprint density at radius 3 is 2.76 bits per heavy atom. The lowest BCUT2D eigenvalue weighted by atomic mass is 9.96. The summed E-state index contributed by atoms with van der Waals surface area (Å²) in [5.41, 5.74) is 2.78. The van der Waals surface area contributed by atoms with Crippen LogP contribution in [0.4, 0.5) is 4.39 Å². The Morgan fingerprint density at radius 1 is 1.24 bits per heavy atom. The summed E-state index contributed by atoms with van der Waals surface area (Å²) in [5.74, 6) is 0.406. The second-order valence-electron chi connectivity index (χ2n) is 4.98. The Kier molecular flexibility index (Phi) is 4.07. The molecule has 1 atom stereocenters. The average molecular weight is 326 g/mol. The van der Waals surface area contributed by atoms with Gasteiger partial charge in [-0.2, -0.15) is 0 Å². The predicted molar refractivity (Wildman–Crippen MR) is 83.0 cm³/mol.